The van der Waals surface area contributed by atoms with Gasteiger partial charge >= 0.3 is 0 Å². The molecule has 0 saturated carbocycles. The van der Waals surface area contributed by atoms with Crippen LogP contribution in [-0.4, -0.2) is 44.2 Å². The number of rotatable bonds is 5. The molecule has 0 bridgehead atoms. The van der Waals surface area contributed by atoms with E-state index in [1.54, 1.807) is 7.11 Å². The maximum Gasteiger partial charge on any atom is 0.246 e. The summed E-state index contributed by atoms with van der Waals surface area (Å²) in [4.78, 5) is 15.2. The number of carbonyl (C=O) groups is 1. The van der Waals surface area contributed by atoms with Gasteiger partial charge in [0.15, 0.2) is 0 Å². The maximum absolute atomic E-state index is 13.0. The molecule has 0 spiro atoms. The van der Waals surface area contributed by atoms with Crippen LogP contribution in [0.5, 0.6) is 5.75 Å². The lowest BCUT2D eigenvalue weighted by atomic mass is 10.0. The maximum atomic E-state index is 13.0. The Morgan fingerprint density at radius 3 is 2.32 bits per heavy atom. The highest BCUT2D eigenvalue weighted by Gasteiger charge is 2.29. The van der Waals surface area contributed by atoms with Crippen molar-refractivity contribution < 1.29 is 14.3 Å². The van der Waals surface area contributed by atoms with Gasteiger partial charge in [0.1, 0.15) is 11.8 Å². The van der Waals surface area contributed by atoms with E-state index in [-0.39, 0.29) is 11.9 Å². The predicted octanol–water partition coefficient (Wildman–Crippen LogP) is 3.02. The molecule has 0 aromatic heterocycles. The zero-order valence-corrected chi connectivity index (χ0v) is 14.7. The van der Waals surface area contributed by atoms with Crippen LogP contribution in [0.1, 0.15) is 17.2 Å². The van der Waals surface area contributed by atoms with Gasteiger partial charge in [-0.15, -0.1) is 0 Å². The molecule has 3 rings (SSSR count). The normalized spacial score (nSPS) is 16.2. The number of nitrogens with one attached hydrogen (secondary N) is 1. The Labute approximate surface area is 148 Å². The fourth-order valence-corrected chi connectivity index (χ4v) is 3.00. The molecule has 1 atom stereocenters. The molecule has 1 heterocycles. The fourth-order valence-electron chi connectivity index (χ4n) is 3.00. The summed E-state index contributed by atoms with van der Waals surface area (Å²) in [5.41, 5.74) is 2.94. The molecule has 1 amide bonds. The lowest BCUT2D eigenvalue weighted by molar-refractivity contribution is -0.123. The molecule has 2 aromatic rings. The fraction of sp³-hybridized carbons (Fsp3) is 0.350. The monoisotopic (exact) mass is 340 g/mol. The predicted molar refractivity (Wildman–Crippen MR) is 97.9 cm³/mol. The second kappa shape index (κ2) is 8.14. The van der Waals surface area contributed by atoms with Crippen LogP contribution in [-0.2, 0) is 9.53 Å². The third kappa shape index (κ3) is 4.38. The highest BCUT2D eigenvalue weighted by atomic mass is 16.5. The number of methoxy groups -OCH3 is 1. The summed E-state index contributed by atoms with van der Waals surface area (Å²) in [5.74, 6) is 0.734. The van der Waals surface area contributed by atoms with Gasteiger partial charge in [-0.1, -0.05) is 29.8 Å². The highest BCUT2D eigenvalue weighted by Crippen LogP contribution is 2.25. The Balaban J connectivity index is 1.81. The molecule has 1 unspecified atom stereocenters. The number of benzene rings is 2. The van der Waals surface area contributed by atoms with Gasteiger partial charge in [0.05, 0.1) is 20.3 Å². The van der Waals surface area contributed by atoms with E-state index in [0.717, 1.165) is 30.1 Å². The SMILES string of the molecule is COc1ccc(NC(=O)C(c2ccc(C)cc2)N2CCOCC2)cc1. The zero-order valence-electron chi connectivity index (χ0n) is 14.7. The Morgan fingerprint density at radius 2 is 1.72 bits per heavy atom. The third-order valence-electron chi connectivity index (χ3n) is 4.41. The molecule has 1 saturated heterocycles. The van der Waals surface area contributed by atoms with E-state index >= 15 is 0 Å². The summed E-state index contributed by atoms with van der Waals surface area (Å²) in [7, 11) is 1.62. The van der Waals surface area contributed by atoms with Crippen molar-refractivity contribution in [3.05, 3.63) is 59.7 Å². The third-order valence-corrected chi connectivity index (χ3v) is 4.41. The Morgan fingerprint density at radius 1 is 1.08 bits per heavy atom. The number of ether oxygens (including phenoxy) is 2. The van der Waals surface area contributed by atoms with Gasteiger partial charge in [0.2, 0.25) is 5.91 Å². The number of hydrogen-bond acceptors (Lipinski definition) is 4. The van der Waals surface area contributed by atoms with Gasteiger partial charge in [-0.3, -0.25) is 9.69 Å². The van der Waals surface area contributed by atoms with Crippen LogP contribution in [0.2, 0.25) is 0 Å². The number of morpholine rings is 1. The van der Waals surface area contributed by atoms with Crippen LogP contribution >= 0.6 is 0 Å². The second-order valence-corrected chi connectivity index (χ2v) is 6.18. The van der Waals surface area contributed by atoms with E-state index in [9.17, 15) is 4.79 Å². The van der Waals surface area contributed by atoms with Crippen LogP contribution in [0, 0.1) is 6.92 Å². The molecular formula is C20H24N2O3. The molecule has 132 valence electrons. The molecule has 1 N–H and O–H groups in total. The minimum atomic E-state index is -0.327. The van der Waals surface area contributed by atoms with Crippen molar-refractivity contribution in [2.45, 2.75) is 13.0 Å². The molecule has 1 fully saturated rings. The Hall–Kier alpha value is -2.37. The molecule has 2 aromatic carbocycles. The van der Waals surface area contributed by atoms with Crippen molar-refractivity contribution in [2.75, 3.05) is 38.7 Å². The van der Waals surface area contributed by atoms with Crippen molar-refractivity contribution in [3.8, 4) is 5.75 Å². The summed E-state index contributed by atoms with van der Waals surface area (Å²) >= 11 is 0. The van der Waals surface area contributed by atoms with Crippen molar-refractivity contribution in [2.24, 2.45) is 0 Å². The zero-order chi connectivity index (χ0) is 17.6. The molecule has 1 aliphatic heterocycles. The van der Waals surface area contributed by atoms with Crippen molar-refractivity contribution in [1.82, 2.24) is 4.90 Å². The van der Waals surface area contributed by atoms with E-state index in [1.807, 2.05) is 55.5 Å². The number of aryl methyl sites for hydroxylation is 1. The van der Waals surface area contributed by atoms with Gasteiger partial charge in [-0.2, -0.15) is 0 Å². The van der Waals surface area contributed by atoms with Crippen LogP contribution in [0.15, 0.2) is 48.5 Å². The largest absolute Gasteiger partial charge is 0.497 e. The molecule has 5 heteroatoms. The van der Waals surface area contributed by atoms with Crippen molar-refractivity contribution >= 4 is 11.6 Å². The number of hydrogen-bond donors (Lipinski definition) is 1. The summed E-state index contributed by atoms with van der Waals surface area (Å²) in [5, 5.41) is 3.03. The molecular weight excluding hydrogens is 316 g/mol. The van der Waals surface area contributed by atoms with E-state index in [1.165, 1.54) is 5.56 Å². The number of anilines is 1. The van der Waals surface area contributed by atoms with E-state index < -0.39 is 0 Å². The summed E-state index contributed by atoms with van der Waals surface area (Å²) in [6.45, 7) is 4.84. The number of nitrogens with zero attached hydrogens (tertiary/aromatic N) is 1. The smallest absolute Gasteiger partial charge is 0.246 e. The minimum Gasteiger partial charge on any atom is -0.497 e. The molecule has 25 heavy (non-hydrogen) atoms. The first-order valence-electron chi connectivity index (χ1n) is 8.50. The lowest BCUT2D eigenvalue weighted by Gasteiger charge is -2.33. The van der Waals surface area contributed by atoms with Crippen LogP contribution in [0.25, 0.3) is 0 Å². The van der Waals surface area contributed by atoms with Crippen molar-refractivity contribution in [3.63, 3.8) is 0 Å². The van der Waals surface area contributed by atoms with Crippen LogP contribution in [0.3, 0.4) is 0 Å². The number of amides is 1. The second-order valence-electron chi connectivity index (χ2n) is 6.18. The lowest BCUT2D eigenvalue weighted by Crippen LogP contribution is -2.43. The van der Waals surface area contributed by atoms with E-state index in [2.05, 4.69) is 10.2 Å². The summed E-state index contributed by atoms with van der Waals surface area (Å²) in [6, 6.07) is 15.2. The van der Waals surface area contributed by atoms with E-state index in [0.29, 0.717) is 13.2 Å². The van der Waals surface area contributed by atoms with Gasteiger partial charge in [0.25, 0.3) is 0 Å². The van der Waals surface area contributed by atoms with Crippen LogP contribution in [0.4, 0.5) is 5.69 Å². The molecule has 5 nitrogen and oxygen atoms in total. The first-order chi connectivity index (χ1) is 12.2. The van der Waals surface area contributed by atoms with Gasteiger partial charge < -0.3 is 14.8 Å². The number of carbonyl (C=O) groups excluding carboxylic acids is 1. The molecule has 1 aliphatic rings. The molecule has 0 aliphatic carbocycles. The first kappa shape index (κ1) is 17.5. The quantitative estimate of drug-likeness (QED) is 0.909. The van der Waals surface area contributed by atoms with Gasteiger partial charge in [-0.05, 0) is 36.8 Å². The highest BCUT2D eigenvalue weighted by molar-refractivity contribution is 5.95. The van der Waals surface area contributed by atoms with Gasteiger partial charge in [0, 0.05) is 18.8 Å². The van der Waals surface area contributed by atoms with Crippen molar-refractivity contribution in [1.29, 1.82) is 0 Å². The van der Waals surface area contributed by atoms with E-state index in [4.69, 9.17) is 9.47 Å². The minimum absolute atomic E-state index is 0.0316. The summed E-state index contributed by atoms with van der Waals surface area (Å²) in [6.07, 6.45) is 0. The van der Waals surface area contributed by atoms with Gasteiger partial charge in [-0.25, -0.2) is 0 Å². The first-order valence-corrected chi connectivity index (χ1v) is 8.50. The average molecular weight is 340 g/mol. The Bertz CT molecular complexity index is 692. The summed E-state index contributed by atoms with van der Waals surface area (Å²) < 4.78 is 10.6. The standard InChI is InChI=1S/C20H24N2O3/c1-15-3-5-16(6-4-15)19(22-11-13-25-14-12-22)20(23)21-17-7-9-18(24-2)10-8-17/h3-10,19H,11-14H2,1-2H3,(H,21,23). The molecule has 0 radical (unpaired) electrons. The average Bonchev–Trinajstić information content (AvgIpc) is 2.65. The van der Waals surface area contributed by atoms with Crippen LogP contribution < -0.4 is 10.1 Å². The Kier molecular flexibility index (Phi) is 5.68. The topological polar surface area (TPSA) is 50.8 Å².